The Morgan fingerprint density at radius 3 is 2.32 bits per heavy atom. The molecule has 0 radical (unpaired) electrons. The molecule has 0 aliphatic carbocycles. The predicted octanol–water partition coefficient (Wildman–Crippen LogP) is 0.208. The molecule has 4 rings (SSSR count). The van der Waals surface area contributed by atoms with Crippen LogP contribution in [0.25, 0.3) is 0 Å². The molecule has 50 heavy (non-hydrogen) atoms. The number of phenolic OH excluding ortho intramolecular Hbond substituents is 1. The van der Waals surface area contributed by atoms with Crippen LogP contribution in [-0.4, -0.2) is 69.4 Å². The van der Waals surface area contributed by atoms with Gasteiger partial charge in [-0.3, -0.25) is 20.1 Å². The molecule has 0 saturated carbocycles. The third-order valence-corrected chi connectivity index (χ3v) is 7.16. The summed E-state index contributed by atoms with van der Waals surface area (Å²) >= 11 is 0. The number of nitrogens with one attached hydrogen (secondary N) is 6. The molecule has 0 fully saturated rings. The number of hydrogen-bond acceptors (Lipinski definition) is 14. The van der Waals surface area contributed by atoms with Gasteiger partial charge in [-0.05, 0) is 48.7 Å². The molecule has 2 aliphatic rings. The van der Waals surface area contributed by atoms with Crippen molar-refractivity contribution in [1.29, 1.82) is 0 Å². The lowest BCUT2D eigenvalue weighted by molar-refractivity contribution is -0.140. The van der Waals surface area contributed by atoms with E-state index in [0.29, 0.717) is 23.7 Å². The molecule has 2 aliphatic heterocycles. The lowest BCUT2D eigenvalue weighted by Crippen LogP contribution is -2.73. The van der Waals surface area contributed by atoms with Gasteiger partial charge in [-0.1, -0.05) is 13.8 Å². The second-order valence-electron chi connectivity index (χ2n) is 11.3. The number of nitrogens with two attached hydrogens (primary N) is 1. The number of rotatable bonds is 14. The zero-order chi connectivity index (χ0) is 36.6. The van der Waals surface area contributed by atoms with E-state index in [1.165, 1.54) is 18.2 Å². The molecule has 2 unspecified atom stereocenters. The molecule has 18 heteroatoms. The summed E-state index contributed by atoms with van der Waals surface area (Å²) in [7, 11) is 0. The Hall–Kier alpha value is -6.56. The molecule has 2 aromatic rings. The van der Waals surface area contributed by atoms with E-state index in [9.17, 15) is 39.0 Å². The number of amides is 2. The molecule has 0 bridgehead atoms. The molecule has 11 N–H and O–H groups in total. The summed E-state index contributed by atoms with van der Waals surface area (Å²) in [4.78, 5) is 72.7. The van der Waals surface area contributed by atoms with Crippen molar-refractivity contribution in [3.8, 4) is 17.2 Å². The van der Waals surface area contributed by atoms with Crippen LogP contribution in [0.4, 0.5) is 5.69 Å². The maximum atomic E-state index is 12.9. The fourth-order valence-corrected chi connectivity index (χ4v) is 4.78. The van der Waals surface area contributed by atoms with E-state index in [1.807, 2.05) is 0 Å². The number of carbonyl (C=O) groups is 6. The van der Waals surface area contributed by atoms with Gasteiger partial charge in [-0.15, -0.1) is 0 Å². The van der Waals surface area contributed by atoms with Crippen LogP contribution in [0.3, 0.4) is 0 Å². The highest BCUT2D eigenvalue weighted by Crippen LogP contribution is 2.41. The minimum Gasteiger partial charge on any atom is -0.504 e. The van der Waals surface area contributed by atoms with Crippen LogP contribution >= 0.6 is 0 Å². The summed E-state index contributed by atoms with van der Waals surface area (Å²) < 4.78 is 10.5. The molecule has 18 nitrogen and oxygen atoms in total. The lowest BCUT2D eigenvalue weighted by Gasteiger charge is -2.39. The topological polar surface area (TPSA) is 280 Å². The van der Waals surface area contributed by atoms with E-state index in [-0.39, 0.29) is 41.3 Å². The van der Waals surface area contributed by atoms with Crippen molar-refractivity contribution >= 4 is 41.4 Å². The summed E-state index contributed by atoms with van der Waals surface area (Å²) in [6.07, 6.45) is 3.55. The van der Waals surface area contributed by atoms with Gasteiger partial charge in [0.2, 0.25) is 0 Å². The smallest absolute Gasteiger partial charge is 0.336 e. The highest BCUT2D eigenvalue weighted by atomic mass is 16.6. The number of carbonyl (C=O) groups excluding carboxylic acids is 4. The van der Waals surface area contributed by atoms with Crippen molar-refractivity contribution in [3.63, 3.8) is 0 Å². The van der Waals surface area contributed by atoms with E-state index in [0.717, 1.165) is 6.07 Å². The number of hydrogen-bond donors (Lipinski definition) is 10. The van der Waals surface area contributed by atoms with Crippen LogP contribution in [0.5, 0.6) is 17.2 Å². The van der Waals surface area contributed by atoms with Gasteiger partial charge in [0.05, 0.1) is 6.54 Å². The van der Waals surface area contributed by atoms with Gasteiger partial charge in [0.15, 0.2) is 17.3 Å². The highest BCUT2D eigenvalue weighted by Gasteiger charge is 2.36. The number of benzene rings is 2. The Balaban J connectivity index is 1.33. The van der Waals surface area contributed by atoms with E-state index in [2.05, 4.69) is 31.9 Å². The molecule has 2 amide bonds. The number of anilines is 1. The van der Waals surface area contributed by atoms with Gasteiger partial charge in [0.1, 0.15) is 23.3 Å². The first-order valence-corrected chi connectivity index (χ1v) is 15.0. The molecule has 2 heterocycles. The van der Waals surface area contributed by atoms with Crippen LogP contribution in [-0.2, 0) is 24.0 Å². The summed E-state index contributed by atoms with van der Waals surface area (Å²) in [5.74, 6) is -8.21. The van der Waals surface area contributed by atoms with Gasteiger partial charge in [-0.25, -0.2) is 14.4 Å². The van der Waals surface area contributed by atoms with Crippen molar-refractivity contribution in [2.45, 2.75) is 44.4 Å². The Labute approximate surface area is 284 Å². The van der Waals surface area contributed by atoms with Gasteiger partial charge >= 0.3 is 23.9 Å². The monoisotopic (exact) mass is 693 g/mol. The normalized spacial score (nSPS) is 17.0. The van der Waals surface area contributed by atoms with Gasteiger partial charge in [-0.2, -0.15) is 0 Å². The van der Waals surface area contributed by atoms with E-state index in [1.54, 1.807) is 38.4 Å². The van der Waals surface area contributed by atoms with Crippen LogP contribution in [0.2, 0.25) is 0 Å². The first-order valence-electron chi connectivity index (χ1n) is 15.0. The number of phenols is 1. The van der Waals surface area contributed by atoms with Crippen LogP contribution in [0.15, 0.2) is 72.5 Å². The number of aromatic hydroxyl groups is 1. The van der Waals surface area contributed by atoms with Crippen molar-refractivity contribution in [1.82, 2.24) is 26.6 Å². The minimum absolute atomic E-state index is 0.0447. The Morgan fingerprint density at radius 1 is 0.960 bits per heavy atom. The van der Waals surface area contributed by atoms with Crippen molar-refractivity contribution in [2.24, 2.45) is 5.73 Å². The molecule has 2 aromatic carbocycles. The number of ether oxygens (including phenoxy) is 2. The summed E-state index contributed by atoms with van der Waals surface area (Å²) in [5.41, 5.74) is 7.37. The first kappa shape index (κ1) is 36.3. The predicted molar refractivity (Wildman–Crippen MR) is 174 cm³/mol. The van der Waals surface area contributed by atoms with Gasteiger partial charge in [0, 0.05) is 47.8 Å². The third-order valence-electron chi connectivity index (χ3n) is 7.16. The molecule has 0 aromatic heterocycles. The van der Waals surface area contributed by atoms with Crippen LogP contribution < -0.4 is 47.1 Å². The van der Waals surface area contributed by atoms with Crippen LogP contribution in [0.1, 0.15) is 48.5 Å². The molecular weight excluding hydrogens is 658 g/mol. The summed E-state index contributed by atoms with van der Waals surface area (Å²) in [6.45, 7) is 3.37. The second kappa shape index (κ2) is 15.6. The Kier molecular flexibility index (Phi) is 11.3. The standard InChI is InChI=1S/C32H35N7O11/c1-16(2)25-21(9-8-20(40)27(25)50-24(44)12-10-22(41)42)49-23(43)11-7-19(31(47)48)37-29(45)17-3-5-18(6-4-17)36-15-32(33)38-28-26(30(46)39-32)34-13-14-35-28/h3-6,8-10,12-14,16,19,34-36,38,40H,7,11,15,33H2,1-2H3,(H,37,45)(H,39,46)(H,41,42)(H,47,48). The lowest BCUT2D eigenvalue weighted by atomic mass is 10.00. The summed E-state index contributed by atoms with van der Waals surface area (Å²) in [6, 6.07) is 6.90. The van der Waals surface area contributed by atoms with Crippen LogP contribution in [0, 0.1) is 0 Å². The maximum Gasteiger partial charge on any atom is 0.336 e. The zero-order valence-electron chi connectivity index (χ0n) is 26.7. The fourth-order valence-electron chi connectivity index (χ4n) is 4.78. The number of carboxylic acid groups (broad SMARTS) is 2. The molecule has 0 saturated heterocycles. The fraction of sp³-hybridized carbons (Fsp3) is 0.250. The largest absolute Gasteiger partial charge is 0.504 e. The highest BCUT2D eigenvalue weighted by molar-refractivity contribution is 5.97. The Bertz CT molecular complexity index is 1790. The molecule has 264 valence electrons. The quantitative estimate of drug-likeness (QED) is 0.0719. The average Bonchev–Trinajstić information content (AvgIpc) is 3.06. The Morgan fingerprint density at radius 2 is 1.66 bits per heavy atom. The SMILES string of the molecule is CC(C)c1c(OC(=O)CCC(NC(=O)c2ccc(NCC3(N)NC(=O)C4=C(NC=CN4)N3)cc2)C(=O)O)ccc(O)c1OC(=O)C=CC(=O)O. The summed E-state index contributed by atoms with van der Waals surface area (Å²) in [5, 5.41) is 45.5. The second-order valence-corrected chi connectivity index (χ2v) is 11.3. The van der Waals surface area contributed by atoms with Crippen molar-refractivity contribution < 1.29 is 53.6 Å². The van der Waals surface area contributed by atoms with Crippen molar-refractivity contribution in [3.05, 3.63) is 83.6 Å². The van der Waals surface area contributed by atoms with Gasteiger partial charge < -0.3 is 56.7 Å². The number of carboxylic acids is 2. The van der Waals surface area contributed by atoms with Gasteiger partial charge in [0.25, 0.3) is 11.8 Å². The first-order chi connectivity index (χ1) is 23.7. The minimum atomic E-state index is -1.47. The van der Waals surface area contributed by atoms with E-state index >= 15 is 0 Å². The average molecular weight is 694 g/mol. The van der Waals surface area contributed by atoms with E-state index < -0.39 is 65.6 Å². The number of esters is 2. The molecule has 0 spiro atoms. The third kappa shape index (κ3) is 9.28. The number of aliphatic carboxylic acids is 2. The zero-order valence-corrected chi connectivity index (χ0v) is 26.7. The van der Waals surface area contributed by atoms with Crippen molar-refractivity contribution in [2.75, 3.05) is 11.9 Å². The van der Waals surface area contributed by atoms with E-state index in [4.69, 9.17) is 20.3 Å². The molecular formula is C32H35N7O11. The molecule has 2 atom stereocenters. The maximum absolute atomic E-state index is 12.9.